The molecule has 1 aromatic heterocycles. The molecule has 1 amide bonds. The van der Waals surface area contributed by atoms with Gasteiger partial charge in [-0.15, -0.1) is 0 Å². The first-order valence-corrected chi connectivity index (χ1v) is 9.62. The van der Waals surface area contributed by atoms with Crippen molar-refractivity contribution < 1.29 is 14.3 Å². The molecule has 3 aromatic rings. The van der Waals surface area contributed by atoms with Crippen molar-refractivity contribution in [1.29, 1.82) is 0 Å². The topological polar surface area (TPSA) is 76.9 Å². The fraction of sp³-hybridized carbons (Fsp3) is 0.273. The van der Waals surface area contributed by atoms with E-state index in [1.807, 2.05) is 56.3 Å². The number of carbonyl (C=O) groups excluding carboxylic acids is 1. The number of nitrogens with zero attached hydrogens (tertiary/aromatic N) is 4. The molecule has 146 valence electrons. The Morgan fingerprint density at radius 1 is 1.10 bits per heavy atom. The summed E-state index contributed by atoms with van der Waals surface area (Å²) in [6.07, 6.45) is 2.30. The van der Waals surface area contributed by atoms with Crippen LogP contribution in [0.5, 0.6) is 11.5 Å². The van der Waals surface area contributed by atoms with Gasteiger partial charge < -0.3 is 9.47 Å². The molecule has 2 aliphatic heterocycles. The number of para-hydroxylation sites is 2. The van der Waals surface area contributed by atoms with Crippen molar-refractivity contribution in [1.82, 2.24) is 15.0 Å². The van der Waals surface area contributed by atoms with E-state index < -0.39 is 0 Å². The van der Waals surface area contributed by atoms with Gasteiger partial charge in [0.15, 0.2) is 11.5 Å². The van der Waals surface area contributed by atoms with Crippen LogP contribution >= 0.6 is 0 Å². The van der Waals surface area contributed by atoms with E-state index in [9.17, 15) is 4.79 Å². The number of hydrogen-bond acceptors (Lipinski definition) is 6. The average molecular weight is 388 g/mol. The van der Waals surface area contributed by atoms with Gasteiger partial charge >= 0.3 is 0 Å². The normalized spacial score (nSPS) is 17.8. The molecule has 0 saturated heterocycles. The highest BCUT2D eigenvalue weighted by molar-refractivity contribution is 6.03. The van der Waals surface area contributed by atoms with E-state index >= 15 is 0 Å². The van der Waals surface area contributed by atoms with Crippen LogP contribution in [0.2, 0.25) is 0 Å². The van der Waals surface area contributed by atoms with Crippen LogP contribution in [-0.4, -0.2) is 33.4 Å². The summed E-state index contributed by atoms with van der Waals surface area (Å²) >= 11 is 0. The number of hydrazone groups is 1. The predicted molar refractivity (Wildman–Crippen MR) is 108 cm³/mol. The zero-order chi connectivity index (χ0) is 20.0. The van der Waals surface area contributed by atoms with Crippen LogP contribution < -0.4 is 9.47 Å². The number of aromatic nitrogens is 2. The van der Waals surface area contributed by atoms with Crippen molar-refractivity contribution in [2.45, 2.75) is 26.3 Å². The number of carbonyl (C=O) groups is 1. The summed E-state index contributed by atoms with van der Waals surface area (Å²) in [4.78, 5) is 22.2. The Morgan fingerprint density at radius 3 is 2.72 bits per heavy atom. The lowest BCUT2D eigenvalue weighted by molar-refractivity contribution is -0.136. The van der Waals surface area contributed by atoms with Crippen molar-refractivity contribution >= 4 is 22.7 Å². The summed E-state index contributed by atoms with van der Waals surface area (Å²) in [7, 11) is 0. The number of hydrogen-bond donors (Lipinski definition) is 0. The molecule has 0 fully saturated rings. The molecular formula is C22H20N4O3. The molecular weight excluding hydrogens is 368 g/mol. The maximum Gasteiger partial charge on any atom is 0.245 e. The Morgan fingerprint density at radius 2 is 1.90 bits per heavy atom. The van der Waals surface area contributed by atoms with E-state index in [1.165, 1.54) is 0 Å². The quantitative estimate of drug-likeness (QED) is 0.684. The van der Waals surface area contributed by atoms with Gasteiger partial charge in [0.2, 0.25) is 12.7 Å². The minimum atomic E-state index is -0.289. The summed E-state index contributed by atoms with van der Waals surface area (Å²) in [5.41, 5.74) is 4.09. The number of ether oxygens (including phenoxy) is 2. The zero-order valence-electron chi connectivity index (χ0n) is 16.2. The molecule has 0 aliphatic carbocycles. The third kappa shape index (κ3) is 3.08. The highest BCUT2D eigenvalue weighted by Crippen LogP contribution is 2.37. The Balaban J connectivity index is 1.53. The van der Waals surface area contributed by atoms with E-state index in [4.69, 9.17) is 14.5 Å². The highest BCUT2D eigenvalue weighted by atomic mass is 16.7. The monoisotopic (exact) mass is 388 g/mol. The van der Waals surface area contributed by atoms with Gasteiger partial charge in [0.25, 0.3) is 0 Å². The Kier molecular flexibility index (Phi) is 4.16. The summed E-state index contributed by atoms with van der Waals surface area (Å²) in [5.74, 6) is 1.20. The summed E-state index contributed by atoms with van der Waals surface area (Å²) in [5, 5.41) is 6.24. The van der Waals surface area contributed by atoms with Crippen LogP contribution in [0.4, 0.5) is 0 Å². The Bertz CT molecular complexity index is 1140. The number of amides is 1. The Hall–Kier alpha value is -3.48. The lowest BCUT2D eigenvalue weighted by Crippen LogP contribution is -2.31. The average Bonchev–Trinajstić information content (AvgIpc) is 3.39. The second-order valence-electron chi connectivity index (χ2n) is 7.46. The van der Waals surface area contributed by atoms with Crippen LogP contribution in [-0.2, 0) is 4.79 Å². The van der Waals surface area contributed by atoms with Gasteiger partial charge in [0.1, 0.15) is 6.04 Å². The molecule has 0 unspecified atom stereocenters. The third-order valence-corrected chi connectivity index (χ3v) is 5.14. The van der Waals surface area contributed by atoms with Crippen molar-refractivity contribution in [3.05, 3.63) is 59.9 Å². The van der Waals surface area contributed by atoms with Gasteiger partial charge in [-0.25, -0.2) is 9.99 Å². The molecule has 2 aliphatic rings. The van der Waals surface area contributed by atoms with E-state index in [1.54, 1.807) is 11.2 Å². The van der Waals surface area contributed by atoms with E-state index in [-0.39, 0.29) is 24.7 Å². The fourth-order valence-corrected chi connectivity index (χ4v) is 3.59. The molecule has 7 nitrogen and oxygen atoms in total. The Labute approximate surface area is 168 Å². The zero-order valence-corrected chi connectivity index (χ0v) is 16.2. The van der Waals surface area contributed by atoms with Gasteiger partial charge in [-0.05, 0) is 30.3 Å². The van der Waals surface area contributed by atoms with Gasteiger partial charge in [-0.3, -0.25) is 9.78 Å². The maximum absolute atomic E-state index is 12.9. The minimum absolute atomic E-state index is 0.0410. The molecule has 0 N–H and O–H groups in total. The first-order valence-electron chi connectivity index (χ1n) is 9.62. The molecule has 29 heavy (non-hydrogen) atoms. The van der Waals surface area contributed by atoms with Gasteiger partial charge in [0, 0.05) is 17.9 Å². The number of rotatable bonds is 3. The first kappa shape index (κ1) is 17.6. The summed E-state index contributed by atoms with van der Waals surface area (Å²) in [6, 6.07) is 13.1. The fourth-order valence-electron chi connectivity index (χ4n) is 3.59. The number of fused-ring (bicyclic) bond motifs is 2. The van der Waals surface area contributed by atoms with E-state index in [0.29, 0.717) is 12.2 Å². The summed E-state index contributed by atoms with van der Waals surface area (Å²) < 4.78 is 10.9. The maximum atomic E-state index is 12.9. The first-order chi connectivity index (χ1) is 14.1. The minimum Gasteiger partial charge on any atom is -0.454 e. The van der Waals surface area contributed by atoms with Gasteiger partial charge in [-0.1, -0.05) is 26.0 Å². The standard InChI is InChI=1S/C22H20N4O3/c1-13(2)22(27)26-19(18-11-23-15-5-3-4-6-16(15)24-18)10-17(25-26)14-7-8-20-21(9-14)29-12-28-20/h3-9,11,13,19H,10,12H2,1-2H3/t19-/m0/s1. The van der Waals surface area contributed by atoms with E-state index in [0.717, 1.165) is 33.8 Å². The molecule has 5 rings (SSSR count). The van der Waals surface area contributed by atoms with Crippen molar-refractivity contribution in [2.24, 2.45) is 11.0 Å². The highest BCUT2D eigenvalue weighted by Gasteiger charge is 2.35. The van der Waals surface area contributed by atoms with E-state index in [2.05, 4.69) is 10.1 Å². The smallest absolute Gasteiger partial charge is 0.245 e. The molecule has 0 spiro atoms. The van der Waals surface area contributed by atoms with Gasteiger partial charge in [-0.2, -0.15) is 5.10 Å². The van der Waals surface area contributed by atoms with Crippen LogP contribution in [0.15, 0.2) is 53.8 Å². The summed E-state index contributed by atoms with van der Waals surface area (Å²) in [6.45, 7) is 3.97. The molecule has 0 bridgehead atoms. The lowest BCUT2D eigenvalue weighted by Gasteiger charge is -2.22. The van der Waals surface area contributed by atoms with Gasteiger partial charge in [0.05, 0.1) is 28.6 Å². The molecule has 3 heterocycles. The van der Waals surface area contributed by atoms with Crippen LogP contribution in [0.1, 0.15) is 37.6 Å². The predicted octanol–water partition coefficient (Wildman–Crippen LogP) is 3.69. The van der Waals surface area contributed by atoms with Crippen molar-refractivity contribution in [2.75, 3.05) is 6.79 Å². The largest absolute Gasteiger partial charge is 0.454 e. The molecule has 1 atom stereocenters. The van der Waals surface area contributed by atoms with Crippen molar-refractivity contribution in [3.63, 3.8) is 0 Å². The second kappa shape index (κ2) is 6.84. The second-order valence-corrected chi connectivity index (χ2v) is 7.46. The van der Waals surface area contributed by atoms with Crippen molar-refractivity contribution in [3.8, 4) is 11.5 Å². The molecule has 2 aromatic carbocycles. The SMILES string of the molecule is CC(C)C(=O)N1N=C(c2ccc3c(c2)OCO3)C[C@H]1c1cnc2ccccc2n1. The van der Waals surface area contributed by atoms with Crippen LogP contribution in [0.25, 0.3) is 11.0 Å². The van der Waals surface area contributed by atoms with Crippen LogP contribution in [0.3, 0.4) is 0 Å². The number of benzene rings is 2. The van der Waals surface area contributed by atoms with Crippen LogP contribution in [0, 0.1) is 5.92 Å². The third-order valence-electron chi connectivity index (χ3n) is 5.14. The lowest BCUT2D eigenvalue weighted by atomic mass is 10.0. The molecule has 0 radical (unpaired) electrons. The molecule has 0 saturated carbocycles. The molecule has 7 heteroatoms.